The van der Waals surface area contributed by atoms with E-state index in [-0.39, 0.29) is 10.3 Å². The summed E-state index contributed by atoms with van der Waals surface area (Å²) < 4.78 is 0. The third-order valence-electron chi connectivity index (χ3n) is 5.09. The van der Waals surface area contributed by atoms with Crippen molar-refractivity contribution in [2.24, 2.45) is 23.7 Å². The average Bonchev–Trinajstić information content (AvgIpc) is 2.43. The first-order valence-corrected chi connectivity index (χ1v) is 11.7. The van der Waals surface area contributed by atoms with Crippen LogP contribution >= 0.6 is 18.5 Å². The highest BCUT2D eigenvalue weighted by atomic mass is 31.0. The van der Waals surface area contributed by atoms with Crippen molar-refractivity contribution in [1.82, 2.24) is 0 Å². The fourth-order valence-electron chi connectivity index (χ4n) is 4.87. The molecule has 0 amide bonds. The zero-order valence-corrected chi connectivity index (χ0v) is 20.9. The second-order valence-corrected chi connectivity index (χ2v) is 12.5. The molecule has 0 aliphatic carbocycles. The topological polar surface area (TPSA) is 0 Å². The molecule has 1 aromatic rings. The van der Waals surface area contributed by atoms with E-state index in [2.05, 4.69) is 98.1 Å². The molecule has 0 aliphatic rings. The zero-order chi connectivity index (χ0) is 20.1. The third-order valence-corrected chi connectivity index (χ3v) is 6.65. The van der Waals surface area contributed by atoms with Gasteiger partial charge in [-0.1, -0.05) is 79.7 Å². The van der Waals surface area contributed by atoms with Crippen LogP contribution in [0, 0.1) is 23.7 Å². The lowest BCUT2D eigenvalue weighted by Gasteiger charge is -2.41. The van der Waals surface area contributed by atoms with Crippen LogP contribution in [0.2, 0.25) is 0 Å². The molecule has 26 heavy (non-hydrogen) atoms. The van der Waals surface area contributed by atoms with Crippen molar-refractivity contribution >= 4 is 18.5 Å². The molecular weight excluding hydrogens is 350 g/mol. The van der Waals surface area contributed by atoms with E-state index in [0.29, 0.717) is 23.7 Å². The molecular formula is C24H44P2. The van der Waals surface area contributed by atoms with Gasteiger partial charge in [-0.3, -0.25) is 0 Å². The minimum atomic E-state index is 0.161. The van der Waals surface area contributed by atoms with Gasteiger partial charge < -0.3 is 0 Å². The molecule has 0 fully saturated rings. The molecule has 150 valence electrons. The Morgan fingerprint density at radius 3 is 1.00 bits per heavy atom. The van der Waals surface area contributed by atoms with Crippen LogP contribution in [0.5, 0.6) is 0 Å². The first kappa shape index (κ1) is 24.1. The maximum Gasteiger partial charge on any atom is 0.0105 e. The van der Waals surface area contributed by atoms with Crippen molar-refractivity contribution in [2.75, 3.05) is 0 Å². The van der Waals surface area contributed by atoms with Crippen molar-refractivity contribution in [1.29, 1.82) is 0 Å². The number of rotatable bonds is 10. The normalized spacial score (nSPS) is 13.5. The molecule has 0 radical (unpaired) electrons. The first-order valence-electron chi connectivity index (χ1n) is 10.6. The molecule has 2 atom stereocenters. The summed E-state index contributed by atoms with van der Waals surface area (Å²) in [5, 5.41) is 0.323. The van der Waals surface area contributed by atoms with Gasteiger partial charge in [-0.2, -0.15) is 0 Å². The molecule has 1 rings (SSSR count). The van der Waals surface area contributed by atoms with Crippen LogP contribution in [0.25, 0.3) is 0 Å². The van der Waals surface area contributed by atoms with E-state index in [4.69, 9.17) is 0 Å². The molecule has 0 spiro atoms. The molecule has 0 saturated carbocycles. The predicted molar refractivity (Wildman–Crippen MR) is 127 cm³/mol. The molecule has 0 nitrogen and oxygen atoms in total. The quantitative estimate of drug-likeness (QED) is 0.353. The second kappa shape index (κ2) is 10.0. The maximum absolute atomic E-state index is 3.29. The van der Waals surface area contributed by atoms with Gasteiger partial charge >= 0.3 is 0 Å². The molecule has 0 aromatic heterocycles. The smallest absolute Gasteiger partial charge is 0.0105 e. The summed E-state index contributed by atoms with van der Waals surface area (Å²) in [6, 6.07) is 9.31. The van der Waals surface area contributed by atoms with Crippen LogP contribution in [0.3, 0.4) is 0 Å². The Morgan fingerprint density at radius 2 is 0.808 bits per heavy atom. The Labute approximate surface area is 169 Å². The average molecular weight is 395 g/mol. The standard InChI is InChI=1S/C24H44P2/c1-17(2)13-23(25,14-18(3)4)21-11-9-10-12-22(21)24(26,15-19(5)6)16-20(7)8/h9-12,17-20H,13-16,25-26H2,1-8H3. The van der Waals surface area contributed by atoms with Gasteiger partial charge in [0.15, 0.2) is 0 Å². The van der Waals surface area contributed by atoms with E-state index in [9.17, 15) is 0 Å². The predicted octanol–water partition coefficient (Wildman–Crippen LogP) is 8.01. The van der Waals surface area contributed by atoms with E-state index in [1.165, 1.54) is 25.7 Å². The largest absolute Gasteiger partial charge is 0.126 e. The van der Waals surface area contributed by atoms with Crippen molar-refractivity contribution in [3.05, 3.63) is 35.4 Å². The summed E-state index contributed by atoms with van der Waals surface area (Å²) in [5.74, 6) is 2.75. The first-order chi connectivity index (χ1) is 11.9. The maximum atomic E-state index is 3.29. The van der Waals surface area contributed by atoms with Gasteiger partial charge in [0.2, 0.25) is 0 Å². The van der Waals surface area contributed by atoms with Gasteiger partial charge in [-0.05, 0) is 60.5 Å². The molecule has 1 aromatic carbocycles. The van der Waals surface area contributed by atoms with E-state index in [0.717, 1.165) is 0 Å². The summed E-state index contributed by atoms with van der Waals surface area (Å²) in [6.45, 7) is 18.9. The fourth-order valence-corrected chi connectivity index (χ4v) is 7.26. The lowest BCUT2D eigenvalue weighted by atomic mass is 9.75. The van der Waals surface area contributed by atoms with Gasteiger partial charge in [-0.25, -0.2) is 0 Å². The van der Waals surface area contributed by atoms with Crippen LogP contribution in [0.15, 0.2) is 24.3 Å². The molecule has 0 heterocycles. The molecule has 0 saturated heterocycles. The minimum absolute atomic E-state index is 0.161. The molecule has 0 aliphatic heterocycles. The Bertz CT molecular complexity index is 474. The van der Waals surface area contributed by atoms with E-state index in [1.54, 1.807) is 11.1 Å². The van der Waals surface area contributed by atoms with E-state index >= 15 is 0 Å². The van der Waals surface area contributed by atoms with E-state index < -0.39 is 0 Å². The second-order valence-electron chi connectivity index (χ2n) is 10.2. The molecule has 2 unspecified atom stereocenters. The Kier molecular flexibility index (Phi) is 9.30. The van der Waals surface area contributed by atoms with Gasteiger partial charge in [-0.15, -0.1) is 18.5 Å². The van der Waals surface area contributed by atoms with Gasteiger partial charge in [0.05, 0.1) is 0 Å². The fraction of sp³-hybridized carbons (Fsp3) is 0.750. The summed E-state index contributed by atoms with van der Waals surface area (Å²) in [5.41, 5.74) is 3.12. The summed E-state index contributed by atoms with van der Waals surface area (Å²) >= 11 is 0. The lowest BCUT2D eigenvalue weighted by molar-refractivity contribution is 0.362. The Morgan fingerprint density at radius 1 is 0.577 bits per heavy atom. The number of hydrogen-bond acceptors (Lipinski definition) is 0. The minimum Gasteiger partial charge on any atom is -0.126 e. The van der Waals surface area contributed by atoms with E-state index in [1.807, 2.05) is 0 Å². The highest BCUT2D eigenvalue weighted by molar-refractivity contribution is 7.19. The van der Waals surface area contributed by atoms with Gasteiger partial charge in [0.25, 0.3) is 0 Å². The van der Waals surface area contributed by atoms with Gasteiger partial charge in [0, 0.05) is 10.3 Å². The summed E-state index contributed by atoms with van der Waals surface area (Å²) in [7, 11) is 6.58. The van der Waals surface area contributed by atoms with Crippen LogP contribution < -0.4 is 0 Å². The lowest BCUT2D eigenvalue weighted by Crippen LogP contribution is -2.30. The zero-order valence-electron chi connectivity index (χ0n) is 18.6. The summed E-state index contributed by atoms with van der Waals surface area (Å²) in [6.07, 6.45) is 4.88. The Balaban J connectivity index is 3.53. The van der Waals surface area contributed by atoms with Crippen molar-refractivity contribution in [3.63, 3.8) is 0 Å². The van der Waals surface area contributed by atoms with Gasteiger partial charge in [0.1, 0.15) is 0 Å². The van der Waals surface area contributed by atoms with Crippen LogP contribution in [0.4, 0.5) is 0 Å². The SMILES string of the molecule is CC(C)CC(P)(CC(C)C)c1ccccc1C(P)(CC(C)C)CC(C)C. The van der Waals surface area contributed by atoms with Crippen molar-refractivity contribution < 1.29 is 0 Å². The monoisotopic (exact) mass is 394 g/mol. The van der Waals surface area contributed by atoms with Crippen molar-refractivity contribution in [3.8, 4) is 0 Å². The summed E-state index contributed by atoms with van der Waals surface area (Å²) in [4.78, 5) is 0. The van der Waals surface area contributed by atoms with Crippen LogP contribution in [-0.2, 0) is 10.3 Å². The number of hydrogen-bond donors (Lipinski definition) is 0. The van der Waals surface area contributed by atoms with Crippen LogP contribution in [0.1, 0.15) is 92.2 Å². The van der Waals surface area contributed by atoms with Crippen molar-refractivity contribution in [2.45, 2.75) is 91.4 Å². The highest BCUT2D eigenvalue weighted by Gasteiger charge is 2.37. The van der Waals surface area contributed by atoms with Crippen LogP contribution in [-0.4, -0.2) is 0 Å². The molecule has 0 bridgehead atoms. The number of benzene rings is 1. The highest BCUT2D eigenvalue weighted by Crippen LogP contribution is 2.51. The molecule has 0 N–H and O–H groups in total. The molecule has 2 heteroatoms. The Hall–Kier alpha value is 0.0800. The third kappa shape index (κ3) is 6.91.